The molecule has 0 aliphatic rings. The Kier molecular flexibility index (Phi) is 5.05. The molecule has 0 fully saturated rings. The number of hydrogen-bond donors (Lipinski definition) is 2. The summed E-state index contributed by atoms with van der Waals surface area (Å²) in [5.41, 5.74) is 13.4. The van der Waals surface area contributed by atoms with E-state index < -0.39 is 5.97 Å². The SMILES string of the molecule is CC(C)=COCCOC(=O)c1cc(N)cc(N)c1. The van der Waals surface area contributed by atoms with Gasteiger partial charge < -0.3 is 20.9 Å². The van der Waals surface area contributed by atoms with E-state index in [1.807, 2.05) is 13.8 Å². The van der Waals surface area contributed by atoms with Gasteiger partial charge in [-0.25, -0.2) is 4.79 Å². The fourth-order valence-corrected chi connectivity index (χ4v) is 1.29. The van der Waals surface area contributed by atoms with Gasteiger partial charge in [0.15, 0.2) is 0 Å². The third kappa shape index (κ3) is 4.78. The molecule has 0 aliphatic carbocycles. The molecule has 0 saturated heterocycles. The van der Waals surface area contributed by atoms with Gasteiger partial charge in [0.25, 0.3) is 0 Å². The minimum Gasteiger partial charge on any atom is -0.498 e. The predicted molar refractivity (Wildman–Crippen MR) is 70.9 cm³/mol. The second kappa shape index (κ2) is 6.54. The van der Waals surface area contributed by atoms with Gasteiger partial charge in [0.05, 0.1) is 11.8 Å². The lowest BCUT2D eigenvalue weighted by atomic mass is 10.2. The van der Waals surface area contributed by atoms with E-state index in [4.69, 9.17) is 20.9 Å². The zero-order valence-corrected chi connectivity index (χ0v) is 10.6. The van der Waals surface area contributed by atoms with E-state index in [1.165, 1.54) is 12.1 Å². The number of allylic oxidation sites excluding steroid dienone is 1. The zero-order chi connectivity index (χ0) is 13.5. The Morgan fingerprint density at radius 1 is 1.17 bits per heavy atom. The number of nitrogens with two attached hydrogens (primary N) is 2. The molecule has 4 N–H and O–H groups in total. The number of carbonyl (C=O) groups excluding carboxylic acids is 1. The Bertz CT molecular complexity index is 431. The first-order chi connectivity index (χ1) is 8.49. The van der Waals surface area contributed by atoms with Gasteiger partial charge in [-0.3, -0.25) is 0 Å². The van der Waals surface area contributed by atoms with Crippen molar-refractivity contribution in [3.63, 3.8) is 0 Å². The number of rotatable bonds is 5. The average Bonchev–Trinajstić information content (AvgIpc) is 2.26. The van der Waals surface area contributed by atoms with Crippen molar-refractivity contribution in [2.45, 2.75) is 13.8 Å². The molecule has 0 radical (unpaired) electrons. The first-order valence-corrected chi connectivity index (χ1v) is 5.57. The Hall–Kier alpha value is -2.17. The smallest absolute Gasteiger partial charge is 0.338 e. The van der Waals surface area contributed by atoms with Crippen molar-refractivity contribution >= 4 is 17.3 Å². The van der Waals surface area contributed by atoms with E-state index in [2.05, 4.69) is 0 Å². The Balaban J connectivity index is 2.43. The van der Waals surface area contributed by atoms with Crippen molar-refractivity contribution < 1.29 is 14.3 Å². The Morgan fingerprint density at radius 3 is 2.33 bits per heavy atom. The number of hydrogen-bond acceptors (Lipinski definition) is 5. The summed E-state index contributed by atoms with van der Waals surface area (Å²) in [6.45, 7) is 4.33. The number of esters is 1. The lowest BCUT2D eigenvalue weighted by Crippen LogP contribution is -2.10. The molecule has 1 aromatic rings. The van der Waals surface area contributed by atoms with E-state index in [0.717, 1.165) is 5.57 Å². The van der Waals surface area contributed by atoms with E-state index in [9.17, 15) is 4.79 Å². The molecule has 18 heavy (non-hydrogen) atoms. The number of anilines is 2. The van der Waals surface area contributed by atoms with Crippen LogP contribution in [0.1, 0.15) is 24.2 Å². The van der Waals surface area contributed by atoms with Crippen molar-refractivity contribution in [1.82, 2.24) is 0 Å². The summed E-state index contributed by atoms with van der Waals surface area (Å²) in [6, 6.07) is 4.62. The highest BCUT2D eigenvalue weighted by molar-refractivity contribution is 5.91. The van der Waals surface area contributed by atoms with Crippen LogP contribution in [0.25, 0.3) is 0 Å². The van der Waals surface area contributed by atoms with E-state index in [1.54, 1.807) is 12.3 Å². The van der Waals surface area contributed by atoms with Crippen LogP contribution in [0.4, 0.5) is 11.4 Å². The lowest BCUT2D eigenvalue weighted by Gasteiger charge is -2.06. The van der Waals surface area contributed by atoms with Crippen LogP contribution in [0.3, 0.4) is 0 Å². The second-order valence-corrected chi connectivity index (χ2v) is 4.09. The largest absolute Gasteiger partial charge is 0.498 e. The molecule has 1 aromatic carbocycles. The third-order valence-corrected chi connectivity index (χ3v) is 1.97. The van der Waals surface area contributed by atoms with E-state index >= 15 is 0 Å². The minimum atomic E-state index is -0.463. The molecule has 1 rings (SSSR count). The van der Waals surface area contributed by atoms with Gasteiger partial charge in [-0.05, 0) is 37.6 Å². The highest BCUT2D eigenvalue weighted by Crippen LogP contribution is 2.14. The molecule has 0 aromatic heterocycles. The highest BCUT2D eigenvalue weighted by Gasteiger charge is 2.08. The fraction of sp³-hybridized carbons (Fsp3) is 0.308. The summed E-state index contributed by atoms with van der Waals surface area (Å²) in [4.78, 5) is 11.6. The van der Waals surface area contributed by atoms with Crippen LogP contribution < -0.4 is 11.5 Å². The van der Waals surface area contributed by atoms with Gasteiger partial charge >= 0.3 is 5.97 Å². The first kappa shape index (κ1) is 13.9. The van der Waals surface area contributed by atoms with Crippen LogP contribution in [0.5, 0.6) is 0 Å². The maximum Gasteiger partial charge on any atom is 0.338 e. The second-order valence-electron chi connectivity index (χ2n) is 4.09. The average molecular weight is 250 g/mol. The predicted octanol–water partition coefficient (Wildman–Crippen LogP) is 1.95. The Labute approximate surface area is 106 Å². The molecule has 0 bridgehead atoms. The van der Waals surface area contributed by atoms with Crippen molar-refractivity contribution in [2.75, 3.05) is 24.7 Å². The fourth-order valence-electron chi connectivity index (χ4n) is 1.29. The summed E-state index contributed by atoms with van der Waals surface area (Å²) < 4.78 is 10.2. The van der Waals surface area contributed by atoms with Gasteiger partial charge in [0.1, 0.15) is 13.2 Å². The zero-order valence-electron chi connectivity index (χ0n) is 10.6. The maximum atomic E-state index is 11.6. The summed E-state index contributed by atoms with van der Waals surface area (Å²) in [5.74, 6) is -0.463. The van der Waals surface area contributed by atoms with Crippen LogP contribution in [0, 0.1) is 0 Å². The third-order valence-electron chi connectivity index (χ3n) is 1.97. The van der Waals surface area contributed by atoms with Crippen molar-refractivity contribution in [3.8, 4) is 0 Å². The molecule has 0 atom stereocenters. The number of ether oxygens (including phenoxy) is 2. The van der Waals surface area contributed by atoms with Crippen LogP contribution in [0.2, 0.25) is 0 Å². The lowest BCUT2D eigenvalue weighted by molar-refractivity contribution is 0.0420. The maximum absolute atomic E-state index is 11.6. The highest BCUT2D eigenvalue weighted by atomic mass is 16.6. The molecule has 0 spiro atoms. The Morgan fingerprint density at radius 2 is 1.78 bits per heavy atom. The molecule has 5 heteroatoms. The molecular formula is C13H18N2O3. The monoisotopic (exact) mass is 250 g/mol. The summed E-state index contributed by atoms with van der Waals surface area (Å²) in [5, 5.41) is 0. The molecule has 0 unspecified atom stereocenters. The molecule has 0 aliphatic heterocycles. The number of carbonyl (C=O) groups is 1. The minimum absolute atomic E-state index is 0.178. The summed E-state index contributed by atoms with van der Waals surface area (Å²) in [7, 11) is 0. The van der Waals surface area contributed by atoms with Crippen LogP contribution in [-0.4, -0.2) is 19.2 Å². The molecule has 98 valence electrons. The normalized spacial score (nSPS) is 9.67. The quantitative estimate of drug-likeness (QED) is 0.361. The van der Waals surface area contributed by atoms with Gasteiger partial charge in [-0.15, -0.1) is 0 Å². The van der Waals surface area contributed by atoms with E-state index in [0.29, 0.717) is 23.5 Å². The summed E-state index contributed by atoms with van der Waals surface area (Å²) >= 11 is 0. The van der Waals surface area contributed by atoms with Crippen LogP contribution >= 0.6 is 0 Å². The van der Waals surface area contributed by atoms with Gasteiger partial charge in [0.2, 0.25) is 0 Å². The van der Waals surface area contributed by atoms with Crippen molar-refractivity contribution in [1.29, 1.82) is 0 Å². The van der Waals surface area contributed by atoms with Crippen molar-refractivity contribution in [2.24, 2.45) is 0 Å². The molecular weight excluding hydrogens is 232 g/mol. The standard InChI is InChI=1S/C13H18N2O3/c1-9(2)8-17-3-4-18-13(16)10-5-11(14)7-12(15)6-10/h5-8H,3-4,14-15H2,1-2H3. The molecule has 0 heterocycles. The van der Waals surface area contributed by atoms with Crippen molar-refractivity contribution in [3.05, 3.63) is 35.6 Å². The number of nitrogen functional groups attached to an aromatic ring is 2. The van der Waals surface area contributed by atoms with Gasteiger partial charge in [-0.1, -0.05) is 0 Å². The van der Waals surface area contributed by atoms with Gasteiger partial charge in [0, 0.05) is 11.4 Å². The molecule has 0 amide bonds. The summed E-state index contributed by atoms with van der Waals surface area (Å²) in [6.07, 6.45) is 1.62. The van der Waals surface area contributed by atoms with Gasteiger partial charge in [-0.2, -0.15) is 0 Å². The molecule has 0 saturated carbocycles. The first-order valence-electron chi connectivity index (χ1n) is 5.57. The number of benzene rings is 1. The van der Waals surface area contributed by atoms with Crippen LogP contribution in [0.15, 0.2) is 30.0 Å². The topological polar surface area (TPSA) is 87.6 Å². The van der Waals surface area contributed by atoms with Crippen LogP contribution in [-0.2, 0) is 9.47 Å². The molecule has 5 nitrogen and oxygen atoms in total. The van der Waals surface area contributed by atoms with E-state index in [-0.39, 0.29) is 6.61 Å².